The van der Waals surface area contributed by atoms with Gasteiger partial charge in [-0.25, -0.2) is 0 Å². The van der Waals surface area contributed by atoms with Gasteiger partial charge in [0.05, 0.1) is 0 Å². The van der Waals surface area contributed by atoms with Gasteiger partial charge in [-0.2, -0.15) is 0 Å². The molecular weight excluding hydrogens is 280 g/mol. The summed E-state index contributed by atoms with van der Waals surface area (Å²) in [6.45, 7) is 4.49. The lowest BCUT2D eigenvalue weighted by Crippen LogP contribution is -2.36. The molecule has 1 fully saturated rings. The molecule has 1 unspecified atom stereocenters. The number of halogens is 1. The van der Waals surface area contributed by atoms with Gasteiger partial charge in [-0.3, -0.25) is 0 Å². The first-order valence-electron chi connectivity index (χ1n) is 8.28. The van der Waals surface area contributed by atoms with Crippen molar-refractivity contribution in [1.82, 2.24) is 0 Å². The molecule has 0 radical (unpaired) electrons. The van der Waals surface area contributed by atoms with Crippen LogP contribution in [0.15, 0.2) is 18.2 Å². The van der Waals surface area contributed by atoms with E-state index in [1.54, 1.807) is 0 Å². The Morgan fingerprint density at radius 1 is 1.29 bits per heavy atom. The van der Waals surface area contributed by atoms with Gasteiger partial charge in [-0.05, 0) is 62.1 Å². The maximum absolute atomic E-state index is 6.45. The average Bonchev–Trinajstić information content (AvgIpc) is 2.49. The van der Waals surface area contributed by atoms with E-state index in [1.807, 2.05) is 6.07 Å². The second-order valence-electron chi connectivity index (χ2n) is 6.63. The van der Waals surface area contributed by atoms with Crippen molar-refractivity contribution in [1.29, 1.82) is 0 Å². The van der Waals surface area contributed by atoms with E-state index in [-0.39, 0.29) is 6.04 Å². The first kappa shape index (κ1) is 16.6. The van der Waals surface area contributed by atoms with E-state index in [0.717, 1.165) is 23.8 Å². The maximum atomic E-state index is 6.45. The summed E-state index contributed by atoms with van der Waals surface area (Å²) in [4.78, 5) is 2.44. The van der Waals surface area contributed by atoms with Crippen LogP contribution in [-0.2, 0) is 6.42 Å². The highest BCUT2D eigenvalue weighted by molar-refractivity contribution is 6.31. The summed E-state index contributed by atoms with van der Waals surface area (Å²) < 4.78 is 0. The highest BCUT2D eigenvalue weighted by Gasteiger charge is 2.24. The van der Waals surface area contributed by atoms with Crippen LogP contribution in [0.3, 0.4) is 0 Å². The molecule has 1 aromatic carbocycles. The Hall–Kier alpha value is -0.730. The molecule has 0 heterocycles. The third-order valence-electron chi connectivity index (χ3n) is 5.00. The molecule has 0 amide bonds. The van der Waals surface area contributed by atoms with Crippen LogP contribution in [0, 0.1) is 5.92 Å². The molecule has 1 saturated carbocycles. The van der Waals surface area contributed by atoms with Crippen LogP contribution in [0.4, 0.5) is 5.69 Å². The van der Waals surface area contributed by atoms with Crippen molar-refractivity contribution in [2.75, 3.05) is 11.9 Å². The van der Waals surface area contributed by atoms with E-state index < -0.39 is 0 Å². The number of nitrogens with zero attached hydrogens (tertiary/aromatic N) is 1. The fourth-order valence-electron chi connectivity index (χ4n) is 3.31. The number of benzene rings is 1. The van der Waals surface area contributed by atoms with Crippen molar-refractivity contribution in [3.8, 4) is 0 Å². The Morgan fingerprint density at radius 2 is 1.95 bits per heavy atom. The van der Waals surface area contributed by atoms with Gasteiger partial charge in [0, 0.05) is 29.8 Å². The summed E-state index contributed by atoms with van der Waals surface area (Å²) in [5.74, 6) is 0.877. The van der Waals surface area contributed by atoms with Crippen LogP contribution in [0.2, 0.25) is 5.02 Å². The van der Waals surface area contributed by atoms with Crippen LogP contribution in [-0.4, -0.2) is 19.1 Å². The van der Waals surface area contributed by atoms with Gasteiger partial charge < -0.3 is 10.6 Å². The van der Waals surface area contributed by atoms with Gasteiger partial charge in [0.15, 0.2) is 0 Å². The Kier molecular flexibility index (Phi) is 5.95. The number of hydrogen-bond acceptors (Lipinski definition) is 2. The molecule has 21 heavy (non-hydrogen) atoms. The lowest BCUT2D eigenvalue weighted by Gasteiger charge is -2.36. The summed E-state index contributed by atoms with van der Waals surface area (Å²) in [6.07, 6.45) is 7.07. The monoisotopic (exact) mass is 308 g/mol. The van der Waals surface area contributed by atoms with Gasteiger partial charge in [0.2, 0.25) is 0 Å². The minimum Gasteiger partial charge on any atom is -0.371 e. The van der Waals surface area contributed by atoms with Crippen LogP contribution in [0.5, 0.6) is 0 Å². The lowest BCUT2D eigenvalue weighted by molar-refractivity contribution is 0.340. The molecule has 3 heteroatoms. The summed E-state index contributed by atoms with van der Waals surface area (Å²) in [5.41, 5.74) is 8.65. The molecule has 1 atom stereocenters. The summed E-state index contributed by atoms with van der Waals surface area (Å²) >= 11 is 6.45. The van der Waals surface area contributed by atoms with E-state index >= 15 is 0 Å². The summed E-state index contributed by atoms with van der Waals surface area (Å²) in [6, 6.07) is 7.06. The number of hydrogen-bond donors (Lipinski definition) is 1. The standard InChI is InChI=1S/C18H29ClN2/c1-4-14(20)12-16-17(19)6-5-7-18(16)21(3)15-10-8-13(2)9-11-15/h5-7,13-15H,4,8-12,20H2,1-3H3. The van der Waals surface area contributed by atoms with Gasteiger partial charge in [0.25, 0.3) is 0 Å². The maximum Gasteiger partial charge on any atom is 0.0459 e. The summed E-state index contributed by atoms with van der Waals surface area (Å²) in [5, 5.41) is 0.854. The molecule has 1 aliphatic rings. The minimum absolute atomic E-state index is 0.184. The third kappa shape index (κ3) is 4.14. The molecule has 0 aromatic heterocycles. The Morgan fingerprint density at radius 3 is 2.57 bits per heavy atom. The molecule has 2 rings (SSSR count). The predicted molar refractivity (Wildman–Crippen MR) is 93.2 cm³/mol. The Labute approximate surface area is 134 Å². The van der Waals surface area contributed by atoms with Crippen molar-refractivity contribution in [3.05, 3.63) is 28.8 Å². The average molecular weight is 309 g/mol. The van der Waals surface area contributed by atoms with Crippen LogP contribution < -0.4 is 10.6 Å². The zero-order valence-corrected chi connectivity index (χ0v) is 14.4. The quantitative estimate of drug-likeness (QED) is 0.859. The van der Waals surface area contributed by atoms with E-state index in [9.17, 15) is 0 Å². The second kappa shape index (κ2) is 7.51. The van der Waals surface area contributed by atoms with Gasteiger partial charge in [-0.1, -0.05) is 31.5 Å². The number of anilines is 1. The van der Waals surface area contributed by atoms with Gasteiger partial charge in [-0.15, -0.1) is 0 Å². The molecule has 2 N–H and O–H groups in total. The SMILES string of the molecule is CCC(N)Cc1c(Cl)cccc1N(C)C1CCC(C)CC1. The molecule has 0 aliphatic heterocycles. The summed E-state index contributed by atoms with van der Waals surface area (Å²) in [7, 11) is 2.22. The van der Waals surface area contributed by atoms with Crippen molar-refractivity contribution < 1.29 is 0 Å². The Balaban J connectivity index is 2.19. The van der Waals surface area contributed by atoms with E-state index in [2.05, 4.69) is 37.9 Å². The Bertz CT molecular complexity index is 453. The zero-order chi connectivity index (χ0) is 15.4. The van der Waals surface area contributed by atoms with E-state index in [1.165, 1.54) is 36.9 Å². The van der Waals surface area contributed by atoms with Crippen LogP contribution >= 0.6 is 11.6 Å². The fourth-order valence-corrected chi connectivity index (χ4v) is 3.56. The topological polar surface area (TPSA) is 29.3 Å². The number of nitrogens with two attached hydrogens (primary N) is 1. The molecule has 118 valence electrons. The molecule has 0 spiro atoms. The third-order valence-corrected chi connectivity index (χ3v) is 5.35. The van der Waals surface area contributed by atoms with Crippen molar-refractivity contribution >= 4 is 17.3 Å². The minimum atomic E-state index is 0.184. The molecule has 2 nitrogen and oxygen atoms in total. The van der Waals surface area contributed by atoms with Crippen LogP contribution in [0.25, 0.3) is 0 Å². The molecule has 0 saturated heterocycles. The zero-order valence-electron chi connectivity index (χ0n) is 13.6. The second-order valence-corrected chi connectivity index (χ2v) is 7.04. The van der Waals surface area contributed by atoms with Gasteiger partial charge >= 0.3 is 0 Å². The van der Waals surface area contributed by atoms with E-state index in [4.69, 9.17) is 17.3 Å². The molecule has 1 aromatic rings. The first-order valence-corrected chi connectivity index (χ1v) is 8.66. The van der Waals surface area contributed by atoms with Crippen molar-refractivity contribution in [2.45, 2.75) is 64.5 Å². The molecule has 1 aliphatic carbocycles. The largest absolute Gasteiger partial charge is 0.371 e. The lowest BCUT2D eigenvalue weighted by atomic mass is 9.86. The highest BCUT2D eigenvalue weighted by Crippen LogP contribution is 2.34. The van der Waals surface area contributed by atoms with Crippen molar-refractivity contribution in [3.63, 3.8) is 0 Å². The smallest absolute Gasteiger partial charge is 0.0459 e. The normalized spacial score (nSPS) is 23.9. The van der Waals surface area contributed by atoms with E-state index in [0.29, 0.717) is 6.04 Å². The van der Waals surface area contributed by atoms with Gasteiger partial charge in [0.1, 0.15) is 0 Å². The highest BCUT2D eigenvalue weighted by atomic mass is 35.5. The van der Waals surface area contributed by atoms with Crippen LogP contribution in [0.1, 0.15) is 51.5 Å². The number of rotatable bonds is 5. The molecule has 0 bridgehead atoms. The fraction of sp³-hybridized carbons (Fsp3) is 0.667. The van der Waals surface area contributed by atoms with Crippen molar-refractivity contribution in [2.24, 2.45) is 11.7 Å². The predicted octanol–water partition coefficient (Wildman–Crippen LogP) is 4.63. The first-order chi connectivity index (χ1) is 10.0. The molecular formula is C18H29ClN2.